The van der Waals surface area contributed by atoms with E-state index in [9.17, 15) is 24.9 Å². The van der Waals surface area contributed by atoms with Crippen LogP contribution in [0.5, 0.6) is 5.75 Å². The third-order valence-corrected chi connectivity index (χ3v) is 2.73. The SMILES string of the molecule is CN(CC(O)c1cccc(O)c1)C(=O)C(O)CC(=O)O. The van der Waals surface area contributed by atoms with Gasteiger partial charge in [0.15, 0.2) is 0 Å². The number of phenolic OH excluding ortho intramolecular Hbond substituents is 1. The van der Waals surface area contributed by atoms with Gasteiger partial charge in [0.2, 0.25) is 0 Å². The lowest BCUT2D eigenvalue weighted by molar-refractivity contribution is -0.148. The lowest BCUT2D eigenvalue weighted by atomic mass is 10.1. The van der Waals surface area contributed by atoms with Crippen molar-refractivity contribution in [2.45, 2.75) is 18.6 Å². The number of nitrogens with zero attached hydrogens (tertiary/aromatic N) is 1. The molecule has 0 aromatic heterocycles. The summed E-state index contributed by atoms with van der Waals surface area (Å²) >= 11 is 0. The molecule has 0 aliphatic carbocycles. The van der Waals surface area contributed by atoms with Crippen LogP contribution in [0.4, 0.5) is 0 Å². The van der Waals surface area contributed by atoms with E-state index in [2.05, 4.69) is 0 Å². The van der Waals surface area contributed by atoms with Gasteiger partial charge in [-0.05, 0) is 17.7 Å². The molecule has 4 N–H and O–H groups in total. The summed E-state index contributed by atoms with van der Waals surface area (Å²) in [6.07, 6.45) is -3.38. The molecule has 20 heavy (non-hydrogen) atoms. The van der Waals surface area contributed by atoms with Crippen molar-refractivity contribution in [1.82, 2.24) is 4.90 Å². The number of hydrogen-bond acceptors (Lipinski definition) is 5. The fourth-order valence-corrected chi connectivity index (χ4v) is 1.69. The third kappa shape index (κ3) is 4.52. The predicted molar refractivity (Wildman–Crippen MR) is 69.0 cm³/mol. The van der Waals surface area contributed by atoms with Crippen LogP contribution in [-0.2, 0) is 9.59 Å². The van der Waals surface area contributed by atoms with Crippen molar-refractivity contribution < 1.29 is 30.0 Å². The van der Waals surface area contributed by atoms with E-state index in [1.165, 1.54) is 19.2 Å². The smallest absolute Gasteiger partial charge is 0.306 e. The molecule has 0 bridgehead atoms. The Labute approximate surface area is 115 Å². The van der Waals surface area contributed by atoms with Crippen LogP contribution in [0.15, 0.2) is 24.3 Å². The molecular weight excluding hydrogens is 266 g/mol. The Balaban J connectivity index is 2.63. The second-order valence-electron chi connectivity index (χ2n) is 4.44. The van der Waals surface area contributed by atoms with E-state index in [-0.39, 0.29) is 12.3 Å². The van der Waals surface area contributed by atoms with Gasteiger partial charge in [-0.25, -0.2) is 0 Å². The minimum atomic E-state index is -1.64. The zero-order valence-corrected chi connectivity index (χ0v) is 10.9. The van der Waals surface area contributed by atoms with Crippen molar-refractivity contribution in [2.75, 3.05) is 13.6 Å². The van der Waals surface area contributed by atoms with Crippen LogP contribution in [0.25, 0.3) is 0 Å². The van der Waals surface area contributed by atoms with Gasteiger partial charge < -0.3 is 25.3 Å². The molecule has 1 aromatic carbocycles. The molecular formula is C13H17NO6. The highest BCUT2D eigenvalue weighted by Gasteiger charge is 2.24. The van der Waals surface area contributed by atoms with Gasteiger partial charge in [0.05, 0.1) is 19.1 Å². The number of carbonyl (C=O) groups is 2. The van der Waals surface area contributed by atoms with Crippen LogP contribution in [-0.4, -0.2) is 56.9 Å². The number of hydrogen-bond donors (Lipinski definition) is 4. The van der Waals surface area contributed by atoms with Crippen molar-refractivity contribution >= 4 is 11.9 Å². The van der Waals surface area contributed by atoms with E-state index < -0.39 is 30.5 Å². The molecule has 1 aromatic rings. The van der Waals surface area contributed by atoms with Gasteiger partial charge in [-0.2, -0.15) is 0 Å². The summed E-state index contributed by atoms with van der Waals surface area (Å²) in [5.74, 6) is -2.08. The van der Waals surface area contributed by atoms with E-state index in [1.54, 1.807) is 12.1 Å². The predicted octanol–water partition coefficient (Wildman–Crippen LogP) is -0.280. The summed E-state index contributed by atoms with van der Waals surface area (Å²) in [7, 11) is 1.35. The van der Waals surface area contributed by atoms with Gasteiger partial charge in [0, 0.05) is 7.05 Å². The summed E-state index contributed by atoms with van der Waals surface area (Å²) in [4.78, 5) is 23.1. The number of carbonyl (C=O) groups excluding carboxylic acids is 1. The molecule has 1 rings (SSSR count). The molecule has 0 aliphatic rings. The first kappa shape index (κ1) is 15.9. The average Bonchev–Trinajstić information content (AvgIpc) is 2.36. The normalized spacial score (nSPS) is 13.6. The highest BCUT2D eigenvalue weighted by atomic mass is 16.4. The first-order valence-corrected chi connectivity index (χ1v) is 5.93. The molecule has 1 amide bonds. The fourth-order valence-electron chi connectivity index (χ4n) is 1.69. The molecule has 7 heteroatoms. The molecule has 0 radical (unpaired) electrons. The summed E-state index contributed by atoms with van der Waals surface area (Å²) in [5.41, 5.74) is 0.414. The number of carboxylic acids is 1. The Hall–Kier alpha value is -2.12. The van der Waals surface area contributed by atoms with E-state index in [0.717, 1.165) is 4.90 Å². The lowest BCUT2D eigenvalue weighted by Gasteiger charge is -2.23. The number of amides is 1. The number of likely N-dealkylation sites (N-methyl/N-ethyl adjacent to an activating group) is 1. The monoisotopic (exact) mass is 283 g/mol. The average molecular weight is 283 g/mol. The summed E-state index contributed by atoms with van der Waals surface area (Å²) in [5, 5.41) is 37.1. The number of aromatic hydroxyl groups is 1. The maximum absolute atomic E-state index is 11.7. The van der Waals surface area contributed by atoms with Crippen LogP contribution in [0, 0.1) is 0 Å². The highest BCUT2D eigenvalue weighted by molar-refractivity contribution is 5.84. The molecule has 0 spiro atoms. The zero-order valence-electron chi connectivity index (χ0n) is 10.9. The number of aliphatic hydroxyl groups is 2. The van der Waals surface area contributed by atoms with Crippen molar-refractivity contribution in [3.8, 4) is 5.75 Å². The van der Waals surface area contributed by atoms with Crippen LogP contribution in [0.3, 0.4) is 0 Å². The number of rotatable bonds is 6. The summed E-state index contributed by atoms with van der Waals surface area (Å²) < 4.78 is 0. The molecule has 2 atom stereocenters. The van der Waals surface area contributed by atoms with E-state index in [4.69, 9.17) is 5.11 Å². The molecule has 0 aliphatic heterocycles. The Kier molecular flexibility index (Phi) is 5.48. The van der Waals surface area contributed by atoms with Crippen molar-refractivity contribution in [2.24, 2.45) is 0 Å². The van der Waals surface area contributed by atoms with Gasteiger partial charge in [0.1, 0.15) is 11.9 Å². The third-order valence-electron chi connectivity index (χ3n) is 2.73. The van der Waals surface area contributed by atoms with Gasteiger partial charge in [-0.3, -0.25) is 9.59 Å². The van der Waals surface area contributed by atoms with Crippen molar-refractivity contribution in [3.63, 3.8) is 0 Å². The Morgan fingerprint density at radius 3 is 2.50 bits per heavy atom. The molecule has 2 unspecified atom stereocenters. The van der Waals surface area contributed by atoms with Crippen LogP contribution >= 0.6 is 0 Å². The summed E-state index contributed by atoms with van der Waals surface area (Å²) in [6.45, 7) is -0.126. The van der Waals surface area contributed by atoms with Gasteiger partial charge >= 0.3 is 5.97 Å². The minimum Gasteiger partial charge on any atom is -0.508 e. The highest BCUT2D eigenvalue weighted by Crippen LogP contribution is 2.19. The quantitative estimate of drug-likeness (QED) is 0.570. The first-order valence-electron chi connectivity index (χ1n) is 5.93. The number of carboxylic acid groups (broad SMARTS) is 1. The molecule has 7 nitrogen and oxygen atoms in total. The van der Waals surface area contributed by atoms with Crippen LogP contribution in [0.2, 0.25) is 0 Å². The Bertz CT molecular complexity index is 490. The Morgan fingerprint density at radius 2 is 1.95 bits per heavy atom. The number of aliphatic carboxylic acids is 1. The topological polar surface area (TPSA) is 118 Å². The zero-order chi connectivity index (χ0) is 15.3. The van der Waals surface area contributed by atoms with Crippen LogP contribution < -0.4 is 0 Å². The summed E-state index contributed by atoms with van der Waals surface area (Å²) in [6, 6.07) is 5.93. The molecule has 0 saturated carbocycles. The van der Waals surface area contributed by atoms with E-state index >= 15 is 0 Å². The maximum atomic E-state index is 11.7. The fraction of sp³-hybridized carbons (Fsp3) is 0.385. The molecule has 0 saturated heterocycles. The number of phenols is 1. The standard InChI is InChI=1S/C13H17NO6/c1-14(13(20)10(16)6-12(18)19)7-11(17)8-3-2-4-9(15)5-8/h2-5,10-11,15-17H,6-7H2,1H3,(H,18,19). The second-order valence-corrected chi connectivity index (χ2v) is 4.44. The number of benzene rings is 1. The maximum Gasteiger partial charge on any atom is 0.306 e. The number of aliphatic hydroxyl groups excluding tert-OH is 2. The molecule has 0 fully saturated rings. The minimum absolute atomic E-state index is 0.0126. The van der Waals surface area contributed by atoms with Gasteiger partial charge in [0.25, 0.3) is 5.91 Å². The van der Waals surface area contributed by atoms with Crippen LogP contribution in [0.1, 0.15) is 18.1 Å². The van der Waals surface area contributed by atoms with Crippen molar-refractivity contribution in [3.05, 3.63) is 29.8 Å². The second kappa shape index (κ2) is 6.88. The Morgan fingerprint density at radius 1 is 1.30 bits per heavy atom. The molecule has 110 valence electrons. The van der Waals surface area contributed by atoms with Gasteiger partial charge in [-0.1, -0.05) is 12.1 Å². The van der Waals surface area contributed by atoms with E-state index in [0.29, 0.717) is 5.56 Å². The van der Waals surface area contributed by atoms with Gasteiger partial charge in [-0.15, -0.1) is 0 Å². The lowest BCUT2D eigenvalue weighted by Crippen LogP contribution is -2.39. The first-order chi connectivity index (χ1) is 9.31. The van der Waals surface area contributed by atoms with E-state index in [1.807, 2.05) is 0 Å². The largest absolute Gasteiger partial charge is 0.508 e. The molecule has 0 heterocycles. The van der Waals surface area contributed by atoms with Crippen molar-refractivity contribution in [1.29, 1.82) is 0 Å².